The molecule has 3 nitrogen and oxygen atoms in total. The van der Waals surface area contributed by atoms with Gasteiger partial charge in [0.25, 0.3) is 0 Å². The molecule has 1 atom stereocenters. The SMILES string of the molecule is O=C(O)C1=Cc2cc(Cl)ccc2OC1CCc1ccccc1. The molecule has 1 unspecified atom stereocenters. The lowest BCUT2D eigenvalue weighted by Crippen LogP contribution is -2.27. The van der Waals surface area contributed by atoms with Gasteiger partial charge in [0.1, 0.15) is 11.9 Å². The molecule has 4 heteroatoms. The Morgan fingerprint density at radius 2 is 1.95 bits per heavy atom. The minimum absolute atomic E-state index is 0.269. The van der Waals surface area contributed by atoms with E-state index in [-0.39, 0.29) is 5.57 Å². The van der Waals surface area contributed by atoms with Gasteiger partial charge in [0.2, 0.25) is 0 Å². The Balaban J connectivity index is 1.83. The molecule has 0 aromatic heterocycles. The van der Waals surface area contributed by atoms with Crippen LogP contribution in [0.1, 0.15) is 17.5 Å². The minimum Gasteiger partial charge on any atom is -0.485 e. The second kappa shape index (κ2) is 6.24. The monoisotopic (exact) mass is 314 g/mol. The molecule has 0 spiro atoms. The average Bonchev–Trinajstić information content (AvgIpc) is 2.53. The molecule has 1 aliphatic rings. The van der Waals surface area contributed by atoms with Gasteiger partial charge in [0, 0.05) is 10.6 Å². The highest BCUT2D eigenvalue weighted by atomic mass is 35.5. The van der Waals surface area contributed by atoms with Crippen LogP contribution in [0, 0.1) is 0 Å². The van der Waals surface area contributed by atoms with Crippen molar-refractivity contribution in [2.45, 2.75) is 18.9 Å². The zero-order valence-electron chi connectivity index (χ0n) is 11.8. The summed E-state index contributed by atoms with van der Waals surface area (Å²) >= 11 is 5.95. The molecule has 112 valence electrons. The van der Waals surface area contributed by atoms with Gasteiger partial charge in [-0.1, -0.05) is 41.9 Å². The molecular weight excluding hydrogens is 300 g/mol. The zero-order valence-corrected chi connectivity index (χ0v) is 12.6. The van der Waals surface area contributed by atoms with Crippen molar-refractivity contribution in [3.8, 4) is 5.75 Å². The van der Waals surface area contributed by atoms with Crippen LogP contribution in [-0.2, 0) is 11.2 Å². The molecule has 0 bridgehead atoms. The van der Waals surface area contributed by atoms with Crippen LogP contribution < -0.4 is 4.74 Å². The number of aryl methyl sites for hydroxylation is 1. The Labute approximate surface area is 133 Å². The van der Waals surface area contributed by atoms with E-state index in [0.717, 1.165) is 12.0 Å². The number of carbonyl (C=O) groups is 1. The van der Waals surface area contributed by atoms with Crippen LogP contribution in [-0.4, -0.2) is 17.2 Å². The van der Waals surface area contributed by atoms with Gasteiger partial charge in [-0.2, -0.15) is 0 Å². The molecule has 0 aliphatic carbocycles. The third kappa shape index (κ3) is 3.15. The summed E-state index contributed by atoms with van der Waals surface area (Å²) in [6.45, 7) is 0. The summed E-state index contributed by atoms with van der Waals surface area (Å²) in [5.41, 5.74) is 2.14. The molecule has 0 saturated heterocycles. The van der Waals surface area contributed by atoms with E-state index in [9.17, 15) is 9.90 Å². The van der Waals surface area contributed by atoms with Gasteiger partial charge in [0.05, 0.1) is 5.57 Å². The van der Waals surface area contributed by atoms with E-state index in [0.29, 0.717) is 22.8 Å². The molecule has 0 radical (unpaired) electrons. The third-order valence-corrected chi connectivity index (χ3v) is 3.92. The standard InChI is InChI=1S/C18H15ClO3/c19-14-7-9-16-13(10-14)11-15(18(20)21)17(22-16)8-6-12-4-2-1-3-5-12/h1-5,7,9-11,17H,6,8H2,(H,20,21). The molecule has 2 aromatic rings. The van der Waals surface area contributed by atoms with Crippen LogP contribution >= 0.6 is 11.6 Å². The number of aliphatic carboxylic acids is 1. The van der Waals surface area contributed by atoms with Crippen molar-refractivity contribution in [2.75, 3.05) is 0 Å². The summed E-state index contributed by atoms with van der Waals surface area (Å²) in [4.78, 5) is 11.5. The molecule has 1 heterocycles. The number of halogens is 1. The van der Waals surface area contributed by atoms with Crippen LogP contribution in [0.5, 0.6) is 5.75 Å². The first-order valence-electron chi connectivity index (χ1n) is 7.08. The fourth-order valence-corrected chi connectivity index (χ4v) is 2.75. The molecular formula is C18H15ClO3. The number of rotatable bonds is 4. The lowest BCUT2D eigenvalue weighted by molar-refractivity contribution is -0.133. The highest BCUT2D eigenvalue weighted by Gasteiger charge is 2.27. The summed E-state index contributed by atoms with van der Waals surface area (Å²) in [6, 6.07) is 15.2. The van der Waals surface area contributed by atoms with E-state index in [1.54, 1.807) is 24.3 Å². The first-order chi connectivity index (χ1) is 10.6. The topological polar surface area (TPSA) is 46.5 Å². The van der Waals surface area contributed by atoms with Gasteiger partial charge in [-0.15, -0.1) is 0 Å². The quantitative estimate of drug-likeness (QED) is 0.920. The van der Waals surface area contributed by atoms with Crippen molar-refractivity contribution >= 4 is 23.6 Å². The maximum Gasteiger partial charge on any atom is 0.335 e. The first kappa shape index (κ1) is 14.7. The summed E-state index contributed by atoms with van der Waals surface area (Å²) in [5.74, 6) is -0.281. The molecule has 0 amide bonds. The Hall–Kier alpha value is -2.26. The Kier molecular flexibility index (Phi) is 4.16. The largest absolute Gasteiger partial charge is 0.485 e. The van der Waals surface area contributed by atoms with E-state index < -0.39 is 12.1 Å². The second-order valence-electron chi connectivity index (χ2n) is 5.22. The van der Waals surface area contributed by atoms with Crippen molar-refractivity contribution in [1.82, 2.24) is 0 Å². The van der Waals surface area contributed by atoms with Crippen molar-refractivity contribution < 1.29 is 14.6 Å². The van der Waals surface area contributed by atoms with Gasteiger partial charge in [-0.05, 0) is 42.7 Å². The van der Waals surface area contributed by atoms with Crippen molar-refractivity contribution in [3.63, 3.8) is 0 Å². The van der Waals surface area contributed by atoms with Gasteiger partial charge >= 0.3 is 5.97 Å². The number of hydrogen-bond donors (Lipinski definition) is 1. The predicted octanol–water partition coefficient (Wildman–Crippen LogP) is 4.20. The van der Waals surface area contributed by atoms with E-state index in [1.165, 1.54) is 0 Å². The fraction of sp³-hybridized carbons (Fsp3) is 0.167. The van der Waals surface area contributed by atoms with Gasteiger partial charge in [-0.25, -0.2) is 4.79 Å². The van der Waals surface area contributed by atoms with Gasteiger partial charge in [0.15, 0.2) is 0 Å². The molecule has 22 heavy (non-hydrogen) atoms. The molecule has 2 aromatic carbocycles. The Bertz CT molecular complexity index is 722. The summed E-state index contributed by atoms with van der Waals surface area (Å²) < 4.78 is 5.87. The number of ether oxygens (including phenoxy) is 1. The van der Waals surface area contributed by atoms with Crippen LogP contribution in [0.3, 0.4) is 0 Å². The predicted molar refractivity (Wildman–Crippen MR) is 86.2 cm³/mol. The van der Waals surface area contributed by atoms with Crippen LogP contribution in [0.2, 0.25) is 5.02 Å². The number of carboxylic acid groups (broad SMARTS) is 1. The maximum atomic E-state index is 11.5. The highest BCUT2D eigenvalue weighted by Crippen LogP contribution is 2.33. The molecule has 0 saturated carbocycles. The third-order valence-electron chi connectivity index (χ3n) is 3.68. The summed E-state index contributed by atoms with van der Waals surface area (Å²) in [6.07, 6.45) is 2.58. The lowest BCUT2D eigenvalue weighted by atomic mass is 9.96. The number of benzene rings is 2. The Morgan fingerprint density at radius 1 is 1.18 bits per heavy atom. The van der Waals surface area contributed by atoms with Crippen LogP contribution in [0.4, 0.5) is 0 Å². The highest BCUT2D eigenvalue weighted by molar-refractivity contribution is 6.30. The van der Waals surface area contributed by atoms with Crippen LogP contribution in [0.25, 0.3) is 6.08 Å². The smallest absolute Gasteiger partial charge is 0.335 e. The summed E-state index contributed by atoms with van der Waals surface area (Å²) in [5, 5.41) is 9.98. The first-order valence-corrected chi connectivity index (χ1v) is 7.46. The van der Waals surface area contributed by atoms with E-state index in [1.807, 2.05) is 30.3 Å². The molecule has 1 N–H and O–H groups in total. The van der Waals surface area contributed by atoms with Crippen molar-refractivity contribution in [2.24, 2.45) is 0 Å². The van der Waals surface area contributed by atoms with Crippen molar-refractivity contribution in [3.05, 3.63) is 70.3 Å². The van der Waals surface area contributed by atoms with E-state index in [4.69, 9.17) is 16.3 Å². The number of carboxylic acids is 1. The lowest BCUT2D eigenvalue weighted by Gasteiger charge is -2.25. The maximum absolute atomic E-state index is 11.5. The summed E-state index contributed by atoms with van der Waals surface area (Å²) in [7, 11) is 0. The minimum atomic E-state index is -0.955. The average molecular weight is 315 g/mol. The second-order valence-corrected chi connectivity index (χ2v) is 5.65. The van der Waals surface area contributed by atoms with E-state index >= 15 is 0 Å². The van der Waals surface area contributed by atoms with Gasteiger partial charge in [-0.3, -0.25) is 0 Å². The van der Waals surface area contributed by atoms with Gasteiger partial charge < -0.3 is 9.84 Å². The molecule has 3 rings (SSSR count). The zero-order chi connectivity index (χ0) is 15.5. The van der Waals surface area contributed by atoms with Crippen molar-refractivity contribution in [1.29, 1.82) is 0 Å². The van der Waals surface area contributed by atoms with E-state index in [2.05, 4.69) is 0 Å². The molecule has 1 aliphatic heterocycles. The number of hydrogen-bond acceptors (Lipinski definition) is 2. The number of fused-ring (bicyclic) bond motifs is 1. The van der Waals surface area contributed by atoms with Crippen LogP contribution in [0.15, 0.2) is 54.1 Å². The fourth-order valence-electron chi connectivity index (χ4n) is 2.57. The Morgan fingerprint density at radius 3 is 2.68 bits per heavy atom. The molecule has 0 fully saturated rings. The normalized spacial score (nSPS) is 16.4.